The van der Waals surface area contributed by atoms with Crippen molar-refractivity contribution in [3.63, 3.8) is 0 Å². The average Bonchev–Trinajstić information content (AvgIpc) is 3.22. The molecule has 1 atom stereocenters. The van der Waals surface area contributed by atoms with Crippen LogP contribution in [0.25, 0.3) is 0 Å². The van der Waals surface area contributed by atoms with E-state index in [4.69, 9.17) is 14.2 Å². The van der Waals surface area contributed by atoms with Gasteiger partial charge < -0.3 is 14.2 Å². The Bertz CT molecular complexity index is 916. The monoisotopic (exact) mass is 849 g/mol. The molecule has 6 heteroatoms. The molecule has 0 unspecified atom stereocenters. The van der Waals surface area contributed by atoms with E-state index in [9.17, 15) is 14.4 Å². The van der Waals surface area contributed by atoms with E-state index in [2.05, 4.69) is 34.6 Å². The molecule has 0 bridgehead atoms. The van der Waals surface area contributed by atoms with Crippen molar-refractivity contribution in [2.24, 2.45) is 11.8 Å². The average molecular weight is 849 g/mol. The molecule has 0 aromatic rings. The predicted octanol–water partition coefficient (Wildman–Crippen LogP) is 17.3. The summed E-state index contributed by atoms with van der Waals surface area (Å²) in [7, 11) is 0. The highest BCUT2D eigenvalue weighted by Gasteiger charge is 2.19. The van der Waals surface area contributed by atoms with Crippen LogP contribution >= 0.6 is 0 Å². The first kappa shape index (κ1) is 58.4. The second kappa shape index (κ2) is 46.9. The number of unbranched alkanes of at least 4 members (excludes halogenated alkanes) is 33. The minimum absolute atomic E-state index is 0.0642. The maximum atomic E-state index is 12.8. The summed E-state index contributed by atoms with van der Waals surface area (Å²) in [6.07, 6.45) is 48.2. The molecule has 0 spiro atoms. The normalized spacial score (nSPS) is 12.1. The van der Waals surface area contributed by atoms with Crippen LogP contribution in [0.3, 0.4) is 0 Å². The van der Waals surface area contributed by atoms with E-state index in [1.165, 1.54) is 186 Å². The Hall–Kier alpha value is -1.59. The third-order valence-corrected chi connectivity index (χ3v) is 12.2. The molecule has 60 heavy (non-hydrogen) atoms. The highest BCUT2D eigenvalue weighted by atomic mass is 16.6. The molecule has 0 amide bonds. The van der Waals surface area contributed by atoms with Gasteiger partial charge in [0.2, 0.25) is 0 Å². The molecule has 0 radical (unpaired) electrons. The Kier molecular flexibility index (Phi) is 45.7. The van der Waals surface area contributed by atoms with E-state index in [1.54, 1.807) is 0 Å². The molecule has 0 fully saturated rings. The van der Waals surface area contributed by atoms with Gasteiger partial charge in [0.1, 0.15) is 13.2 Å². The van der Waals surface area contributed by atoms with Gasteiger partial charge in [0.15, 0.2) is 6.10 Å². The van der Waals surface area contributed by atoms with Gasteiger partial charge in [-0.25, -0.2) is 0 Å². The molecule has 0 aliphatic carbocycles. The summed E-state index contributed by atoms with van der Waals surface area (Å²) < 4.78 is 16.8. The first-order valence-electron chi connectivity index (χ1n) is 26.7. The fourth-order valence-corrected chi connectivity index (χ4v) is 8.17. The van der Waals surface area contributed by atoms with Crippen LogP contribution < -0.4 is 0 Å². The lowest BCUT2D eigenvalue weighted by atomic mass is 10.0. The number of ether oxygens (including phenoxy) is 3. The zero-order valence-corrected chi connectivity index (χ0v) is 41.1. The summed E-state index contributed by atoms with van der Waals surface area (Å²) in [5.41, 5.74) is 0. The van der Waals surface area contributed by atoms with Gasteiger partial charge in [-0.15, -0.1) is 0 Å². The van der Waals surface area contributed by atoms with Crippen LogP contribution in [-0.4, -0.2) is 37.2 Å². The number of hydrogen-bond donors (Lipinski definition) is 0. The summed E-state index contributed by atoms with van der Waals surface area (Å²) >= 11 is 0. The van der Waals surface area contributed by atoms with Gasteiger partial charge in [0, 0.05) is 19.3 Å². The second-order valence-electron chi connectivity index (χ2n) is 19.5. The van der Waals surface area contributed by atoms with Crippen molar-refractivity contribution in [2.45, 2.75) is 304 Å². The van der Waals surface area contributed by atoms with Crippen LogP contribution in [0.1, 0.15) is 298 Å². The zero-order valence-electron chi connectivity index (χ0n) is 41.1. The molecule has 0 saturated carbocycles. The van der Waals surface area contributed by atoms with E-state index in [-0.39, 0.29) is 31.1 Å². The SMILES string of the molecule is CCCCCCCCCCCCCCCCCCCCC(=O)O[C@@H](COC(=O)CCCCCCCCCCCCCC(C)C)COC(=O)CCCCCCCCCC(C)C. The van der Waals surface area contributed by atoms with E-state index in [1.807, 2.05) is 0 Å². The Balaban J connectivity index is 4.27. The van der Waals surface area contributed by atoms with Gasteiger partial charge >= 0.3 is 17.9 Å². The highest BCUT2D eigenvalue weighted by Crippen LogP contribution is 2.17. The van der Waals surface area contributed by atoms with E-state index in [0.29, 0.717) is 19.3 Å². The van der Waals surface area contributed by atoms with Gasteiger partial charge in [-0.1, -0.05) is 259 Å². The Labute approximate surface area is 374 Å². The van der Waals surface area contributed by atoms with Crippen molar-refractivity contribution < 1.29 is 28.6 Å². The largest absolute Gasteiger partial charge is 0.462 e. The summed E-state index contributed by atoms with van der Waals surface area (Å²) in [5, 5.41) is 0. The molecule has 6 nitrogen and oxygen atoms in total. The van der Waals surface area contributed by atoms with Crippen molar-refractivity contribution in [1.29, 1.82) is 0 Å². The lowest BCUT2D eigenvalue weighted by Gasteiger charge is -2.18. The van der Waals surface area contributed by atoms with Crippen LogP contribution in [0.15, 0.2) is 0 Å². The van der Waals surface area contributed by atoms with E-state index >= 15 is 0 Å². The van der Waals surface area contributed by atoms with Gasteiger partial charge in [-0.05, 0) is 31.1 Å². The van der Waals surface area contributed by atoms with Crippen LogP contribution in [0.2, 0.25) is 0 Å². The lowest BCUT2D eigenvalue weighted by Crippen LogP contribution is -2.30. The number of esters is 3. The molecular weight excluding hydrogens is 745 g/mol. The maximum absolute atomic E-state index is 12.8. The molecule has 0 saturated heterocycles. The van der Waals surface area contributed by atoms with Crippen molar-refractivity contribution in [2.75, 3.05) is 13.2 Å². The number of carbonyl (C=O) groups is 3. The third kappa shape index (κ3) is 47.5. The maximum Gasteiger partial charge on any atom is 0.306 e. The van der Waals surface area contributed by atoms with Crippen LogP contribution in [0, 0.1) is 11.8 Å². The number of carbonyl (C=O) groups excluding carboxylic acids is 3. The molecule has 356 valence electrons. The topological polar surface area (TPSA) is 78.9 Å². The van der Waals surface area contributed by atoms with Gasteiger partial charge in [-0.2, -0.15) is 0 Å². The van der Waals surface area contributed by atoms with Crippen molar-refractivity contribution >= 4 is 17.9 Å². The van der Waals surface area contributed by atoms with Gasteiger partial charge in [0.05, 0.1) is 0 Å². The summed E-state index contributed by atoms with van der Waals surface area (Å²) in [4.78, 5) is 37.9. The molecule has 0 aliphatic heterocycles. The predicted molar refractivity (Wildman–Crippen MR) is 256 cm³/mol. The summed E-state index contributed by atoms with van der Waals surface area (Å²) in [6.45, 7) is 11.3. The fraction of sp³-hybridized carbons (Fsp3) is 0.944. The summed E-state index contributed by atoms with van der Waals surface area (Å²) in [5.74, 6) is 0.759. The van der Waals surface area contributed by atoms with Crippen LogP contribution in [0.5, 0.6) is 0 Å². The van der Waals surface area contributed by atoms with Crippen molar-refractivity contribution in [3.05, 3.63) is 0 Å². The van der Waals surface area contributed by atoms with Gasteiger partial charge in [-0.3, -0.25) is 14.4 Å². The summed E-state index contributed by atoms with van der Waals surface area (Å²) in [6, 6.07) is 0. The van der Waals surface area contributed by atoms with Crippen LogP contribution in [0.4, 0.5) is 0 Å². The van der Waals surface area contributed by atoms with Crippen molar-refractivity contribution in [3.8, 4) is 0 Å². The Morgan fingerprint density at radius 2 is 0.550 bits per heavy atom. The minimum Gasteiger partial charge on any atom is -0.462 e. The second-order valence-corrected chi connectivity index (χ2v) is 19.5. The Morgan fingerprint density at radius 1 is 0.317 bits per heavy atom. The minimum atomic E-state index is -0.762. The fourth-order valence-electron chi connectivity index (χ4n) is 8.17. The molecule has 0 rings (SSSR count). The standard InChI is InChI=1S/C54H104O6/c1-6-7-8-9-10-11-12-13-14-15-16-17-18-21-25-30-36-41-46-54(57)60-51(48-59-53(56)45-40-35-31-26-28-33-38-43-50(4)5)47-58-52(55)44-39-34-29-24-22-19-20-23-27-32-37-42-49(2)3/h49-51H,6-48H2,1-5H3/t51-/m0/s1. The lowest BCUT2D eigenvalue weighted by molar-refractivity contribution is -0.167. The smallest absolute Gasteiger partial charge is 0.306 e. The third-order valence-electron chi connectivity index (χ3n) is 12.2. The molecule has 0 aromatic carbocycles. The van der Waals surface area contributed by atoms with E-state index in [0.717, 1.165) is 69.6 Å². The zero-order chi connectivity index (χ0) is 44.0. The molecule has 0 heterocycles. The molecular formula is C54H104O6. The van der Waals surface area contributed by atoms with E-state index < -0.39 is 6.10 Å². The molecule has 0 aromatic heterocycles. The van der Waals surface area contributed by atoms with Crippen LogP contribution in [-0.2, 0) is 28.6 Å². The quantitative estimate of drug-likeness (QED) is 0.0345. The first-order valence-corrected chi connectivity index (χ1v) is 26.7. The van der Waals surface area contributed by atoms with Gasteiger partial charge in [0.25, 0.3) is 0 Å². The highest BCUT2D eigenvalue weighted by molar-refractivity contribution is 5.71. The number of rotatable bonds is 48. The molecule has 0 N–H and O–H groups in total. The molecule has 0 aliphatic rings. The van der Waals surface area contributed by atoms with Crippen molar-refractivity contribution in [1.82, 2.24) is 0 Å². The number of hydrogen-bond acceptors (Lipinski definition) is 6. The Morgan fingerprint density at radius 3 is 0.817 bits per heavy atom. The first-order chi connectivity index (χ1) is 29.2.